The first kappa shape index (κ1) is 12.4. The highest BCUT2D eigenvalue weighted by atomic mass is 16.5. The number of nitrogens with one attached hydrogen (secondary N) is 2. The third kappa shape index (κ3) is 2.98. The smallest absolute Gasteiger partial charge is 0.408 e. The average Bonchev–Trinajstić information content (AvgIpc) is 2.69. The molecule has 1 saturated heterocycles. The molecule has 6 nitrogen and oxygen atoms in total. The maximum atomic E-state index is 11.4. The average molecular weight is 250 g/mol. The molecule has 1 aliphatic heterocycles. The van der Waals surface area contributed by atoms with Crippen molar-refractivity contribution < 1.29 is 19.4 Å². The van der Waals surface area contributed by atoms with Gasteiger partial charge in [-0.2, -0.15) is 0 Å². The summed E-state index contributed by atoms with van der Waals surface area (Å²) in [6.45, 7) is 0.263. The predicted molar refractivity (Wildman–Crippen MR) is 62.6 cm³/mol. The summed E-state index contributed by atoms with van der Waals surface area (Å²) in [6.07, 6.45) is -1.64. The van der Waals surface area contributed by atoms with Gasteiger partial charge in [0.05, 0.1) is 0 Å². The van der Waals surface area contributed by atoms with Crippen LogP contribution in [0.25, 0.3) is 0 Å². The van der Waals surface area contributed by atoms with Crippen LogP contribution in [0.3, 0.4) is 0 Å². The third-order valence-electron chi connectivity index (χ3n) is 2.64. The number of benzene rings is 1. The molecule has 2 atom stereocenters. The second-order valence-electron chi connectivity index (χ2n) is 4.00. The van der Waals surface area contributed by atoms with Gasteiger partial charge in [-0.15, -0.1) is 0 Å². The summed E-state index contributed by atoms with van der Waals surface area (Å²) < 4.78 is 4.95. The predicted octanol–water partition coefficient (Wildman–Crippen LogP) is -0.228. The number of rotatable bonds is 3. The fourth-order valence-electron chi connectivity index (χ4n) is 1.66. The first-order valence-electron chi connectivity index (χ1n) is 5.60. The Labute approximate surface area is 104 Å². The highest BCUT2D eigenvalue weighted by Gasteiger charge is 2.34. The van der Waals surface area contributed by atoms with Gasteiger partial charge in [0.2, 0.25) is 5.91 Å². The number of aliphatic hydroxyl groups excluding tert-OH is 1. The van der Waals surface area contributed by atoms with E-state index in [0.29, 0.717) is 0 Å². The standard InChI is InChI=1S/C12H14N2O4/c15-9-6-13-11(16)10(9)14-12(17)18-7-8-4-2-1-3-5-8/h1-5,9-10,15H,6-7H2,(H,13,16)(H,14,17)/t9-,10-/m1/s1. The zero-order chi connectivity index (χ0) is 13.0. The largest absolute Gasteiger partial charge is 0.445 e. The van der Waals surface area contributed by atoms with Gasteiger partial charge in [0.15, 0.2) is 0 Å². The van der Waals surface area contributed by atoms with E-state index in [2.05, 4.69) is 10.6 Å². The Kier molecular flexibility index (Phi) is 3.78. The van der Waals surface area contributed by atoms with E-state index in [4.69, 9.17) is 4.74 Å². The van der Waals surface area contributed by atoms with Crippen LogP contribution in [0.15, 0.2) is 30.3 Å². The highest BCUT2D eigenvalue weighted by Crippen LogP contribution is 2.03. The maximum absolute atomic E-state index is 11.4. The van der Waals surface area contributed by atoms with E-state index in [0.717, 1.165) is 5.56 Å². The van der Waals surface area contributed by atoms with Crippen LogP contribution in [-0.2, 0) is 16.1 Å². The molecule has 18 heavy (non-hydrogen) atoms. The lowest BCUT2D eigenvalue weighted by Gasteiger charge is -2.13. The normalized spacial score (nSPS) is 22.4. The SMILES string of the molecule is O=C(N[C@H]1C(=O)NC[C@H]1O)OCc1ccccc1. The number of carbonyl (C=O) groups excluding carboxylic acids is 2. The zero-order valence-electron chi connectivity index (χ0n) is 9.63. The Hall–Kier alpha value is -2.08. The summed E-state index contributed by atoms with van der Waals surface area (Å²) in [5.74, 6) is -0.404. The lowest BCUT2D eigenvalue weighted by atomic mass is 10.2. The molecule has 1 aromatic rings. The topological polar surface area (TPSA) is 87.7 Å². The molecule has 2 rings (SSSR count). The number of alkyl carbamates (subject to hydrolysis) is 1. The molecule has 1 heterocycles. The van der Waals surface area contributed by atoms with Crippen LogP contribution in [-0.4, -0.2) is 35.8 Å². The van der Waals surface area contributed by atoms with E-state index in [1.807, 2.05) is 30.3 Å². The van der Waals surface area contributed by atoms with Crippen LogP contribution in [0.1, 0.15) is 5.56 Å². The van der Waals surface area contributed by atoms with Gasteiger partial charge >= 0.3 is 6.09 Å². The Balaban J connectivity index is 1.80. The fourth-order valence-corrected chi connectivity index (χ4v) is 1.66. The lowest BCUT2D eigenvalue weighted by molar-refractivity contribution is -0.121. The Morgan fingerprint density at radius 3 is 2.78 bits per heavy atom. The number of hydrogen-bond acceptors (Lipinski definition) is 4. The number of β-amino-alcohol motifs (C(OH)–C–C–N with tert-alkyl or cyclic N) is 1. The van der Waals surface area contributed by atoms with Crippen LogP contribution >= 0.6 is 0 Å². The Bertz CT molecular complexity index is 435. The van der Waals surface area contributed by atoms with E-state index in [-0.39, 0.29) is 13.2 Å². The van der Waals surface area contributed by atoms with Crippen molar-refractivity contribution in [3.8, 4) is 0 Å². The second kappa shape index (κ2) is 5.50. The molecule has 1 fully saturated rings. The molecule has 3 N–H and O–H groups in total. The molecule has 1 aliphatic rings. The van der Waals surface area contributed by atoms with Crippen molar-refractivity contribution in [1.29, 1.82) is 0 Å². The van der Waals surface area contributed by atoms with Gasteiger partial charge in [0.25, 0.3) is 0 Å². The molecular weight excluding hydrogens is 236 g/mol. The first-order chi connectivity index (χ1) is 8.66. The summed E-state index contributed by atoms with van der Waals surface area (Å²) in [6, 6.07) is 8.25. The van der Waals surface area contributed by atoms with Crippen molar-refractivity contribution in [2.45, 2.75) is 18.8 Å². The van der Waals surface area contributed by atoms with E-state index >= 15 is 0 Å². The summed E-state index contributed by atoms with van der Waals surface area (Å²) in [7, 11) is 0. The van der Waals surface area contributed by atoms with Gasteiger partial charge in [-0.25, -0.2) is 4.79 Å². The zero-order valence-corrected chi connectivity index (χ0v) is 9.63. The van der Waals surface area contributed by atoms with Crippen LogP contribution in [0, 0.1) is 0 Å². The summed E-state index contributed by atoms with van der Waals surface area (Å²) in [5, 5.41) is 14.2. The fraction of sp³-hybridized carbons (Fsp3) is 0.333. The minimum absolute atomic E-state index is 0.122. The molecule has 0 unspecified atom stereocenters. The van der Waals surface area contributed by atoms with Crippen LogP contribution in [0.2, 0.25) is 0 Å². The molecular formula is C12H14N2O4. The van der Waals surface area contributed by atoms with Crippen LogP contribution < -0.4 is 10.6 Å². The van der Waals surface area contributed by atoms with Crippen molar-refractivity contribution in [3.05, 3.63) is 35.9 Å². The lowest BCUT2D eigenvalue weighted by Crippen LogP contribution is -2.45. The van der Waals surface area contributed by atoms with Gasteiger partial charge in [-0.05, 0) is 5.56 Å². The number of hydrogen-bond donors (Lipinski definition) is 3. The number of carbonyl (C=O) groups is 2. The van der Waals surface area contributed by atoms with Crippen molar-refractivity contribution in [2.24, 2.45) is 0 Å². The molecule has 2 amide bonds. The minimum atomic E-state index is -0.937. The van der Waals surface area contributed by atoms with Gasteiger partial charge in [-0.3, -0.25) is 4.79 Å². The third-order valence-corrected chi connectivity index (χ3v) is 2.64. The van der Waals surface area contributed by atoms with Gasteiger partial charge in [-0.1, -0.05) is 30.3 Å². The summed E-state index contributed by atoms with van der Waals surface area (Å²) in [5.41, 5.74) is 0.851. The van der Waals surface area contributed by atoms with E-state index in [1.165, 1.54) is 0 Å². The Morgan fingerprint density at radius 2 is 2.17 bits per heavy atom. The van der Waals surface area contributed by atoms with E-state index < -0.39 is 24.1 Å². The quantitative estimate of drug-likeness (QED) is 0.691. The van der Waals surface area contributed by atoms with Crippen LogP contribution in [0.4, 0.5) is 4.79 Å². The van der Waals surface area contributed by atoms with Crippen molar-refractivity contribution in [3.63, 3.8) is 0 Å². The highest BCUT2D eigenvalue weighted by molar-refractivity contribution is 5.88. The molecule has 1 aromatic carbocycles. The number of aliphatic hydroxyl groups is 1. The van der Waals surface area contributed by atoms with E-state index in [1.54, 1.807) is 0 Å². The van der Waals surface area contributed by atoms with Gasteiger partial charge in [0.1, 0.15) is 18.8 Å². The molecule has 96 valence electrons. The molecule has 0 bridgehead atoms. The van der Waals surface area contributed by atoms with Gasteiger partial charge in [0, 0.05) is 6.54 Å². The molecule has 0 saturated carbocycles. The van der Waals surface area contributed by atoms with E-state index in [9.17, 15) is 14.7 Å². The Morgan fingerprint density at radius 1 is 1.44 bits per heavy atom. The monoisotopic (exact) mass is 250 g/mol. The molecule has 0 aromatic heterocycles. The molecule has 0 radical (unpaired) electrons. The first-order valence-corrected chi connectivity index (χ1v) is 5.60. The molecule has 0 spiro atoms. The van der Waals surface area contributed by atoms with Crippen molar-refractivity contribution >= 4 is 12.0 Å². The maximum Gasteiger partial charge on any atom is 0.408 e. The molecule has 6 heteroatoms. The number of ether oxygens (including phenoxy) is 1. The van der Waals surface area contributed by atoms with Gasteiger partial charge < -0.3 is 20.5 Å². The van der Waals surface area contributed by atoms with Crippen molar-refractivity contribution in [1.82, 2.24) is 10.6 Å². The molecule has 0 aliphatic carbocycles. The summed E-state index contributed by atoms with van der Waals surface area (Å²) in [4.78, 5) is 22.7. The van der Waals surface area contributed by atoms with Crippen LogP contribution in [0.5, 0.6) is 0 Å². The van der Waals surface area contributed by atoms with Crippen molar-refractivity contribution in [2.75, 3.05) is 6.54 Å². The minimum Gasteiger partial charge on any atom is -0.445 e. The number of amides is 2. The second-order valence-corrected chi connectivity index (χ2v) is 4.00. The summed E-state index contributed by atoms with van der Waals surface area (Å²) >= 11 is 0.